The first-order chi connectivity index (χ1) is 15.0. The number of halogens is 1. The summed E-state index contributed by atoms with van der Waals surface area (Å²) in [6, 6.07) is 14.0. The lowest BCUT2D eigenvalue weighted by Gasteiger charge is -2.27. The summed E-state index contributed by atoms with van der Waals surface area (Å²) in [4.78, 5) is 34.3. The van der Waals surface area contributed by atoms with Gasteiger partial charge in [0.15, 0.2) is 5.16 Å². The van der Waals surface area contributed by atoms with Crippen LogP contribution >= 0.6 is 11.8 Å². The third-order valence-electron chi connectivity index (χ3n) is 5.12. The van der Waals surface area contributed by atoms with Crippen LogP contribution in [-0.2, 0) is 24.3 Å². The molecule has 1 aliphatic heterocycles. The van der Waals surface area contributed by atoms with Crippen LogP contribution in [-0.4, -0.2) is 33.1 Å². The molecule has 0 fully saturated rings. The number of hydrogen-bond acceptors (Lipinski definition) is 5. The van der Waals surface area contributed by atoms with E-state index in [-0.39, 0.29) is 23.0 Å². The highest BCUT2D eigenvalue weighted by Crippen LogP contribution is 2.20. The second kappa shape index (κ2) is 9.45. The number of anilines is 1. The van der Waals surface area contributed by atoms with Crippen molar-refractivity contribution in [2.75, 3.05) is 17.6 Å². The fourth-order valence-corrected chi connectivity index (χ4v) is 4.16. The Morgan fingerprint density at radius 3 is 2.68 bits per heavy atom. The normalized spacial score (nSPS) is 13.6. The number of nitrogens with zero attached hydrogens (tertiary/aromatic N) is 2. The van der Waals surface area contributed by atoms with Gasteiger partial charge in [-0.1, -0.05) is 41.6 Å². The highest BCUT2D eigenvalue weighted by Gasteiger charge is 2.21. The van der Waals surface area contributed by atoms with Gasteiger partial charge in [-0.15, -0.1) is 0 Å². The van der Waals surface area contributed by atoms with Gasteiger partial charge in [0, 0.05) is 31.7 Å². The van der Waals surface area contributed by atoms with E-state index in [4.69, 9.17) is 0 Å². The number of aryl methyl sites for hydroxylation is 1. The molecule has 8 heteroatoms. The topological polar surface area (TPSA) is 78.1 Å². The zero-order valence-electron chi connectivity index (χ0n) is 17.2. The van der Waals surface area contributed by atoms with Gasteiger partial charge in [-0.2, -0.15) is 0 Å². The lowest BCUT2D eigenvalue weighted by atomic mass is 10.1. The van der Waals surface area contributed by atoms with Gasteiger partial charge in [-0.25, -0.2) is 9.37 Å². The maximum absolute atomic E-state index is 13.1. The van der Waals surface area contributed by atoms with Gasteiger partial charge in [0.25, 0.3) is 5.56 Å². The van der Waals surface area contributed by atoms with Crippen LogP contribution in [0.5, 0.6) is 0 Å². The van der Waals surface area contributed by atoms with Crippen LogP contribution in [0.3, 0.4) is 0 Å². The fraction of sp³-hybridized carbons (Fsp3) is 0.261. The van der Waals surface area contributed by atoms with Crippen molar-refractivity contribution in [3.05, 3.63) is 87.1 Å². The number of aromatic amines is 1. The summed E-state index contributed by atoms with van der Waals surface area (Å²) >= 11 is 1.21. The number of hydrogen-bond donors (Lipinski definition) is 2. The van der Waals surface area contributed by atoms with Gasteiger partial charge in [0.2, 0.25) is 5.91 Å². The summed E-state index contributed by atoms with van der Waals surface area (Å²) in [6.45, 7) is 3.89. The standard InChI is InChI=1S/C23H23FN4O2S/c1-15-2-8-18(9-3-15)25-21(29)14-31-23-26-20-10-11-28(13-19(20)22(30)27-23)12-16-4-6-17(24)7-5-16/h2-9H,10-14H2,1H3,(H,25,29)(H,26,27,30). The molecule has 0 atom stereocenters. The van der Waals surface area contributed by atoms with Crippen LogP contribution in [0.15, 0.2) is 58.5 Å². The number of carbonyl (C=O) groups excluding carboxylic acids is 1. The van der Waals surface area contributed by atoms with Crippen LogP contribution in [0.1, 0.15) is 22.4 Å². The molecule has 0 bridgehead atoms. The lowest BCUT2D eigenvalue weighted by molar-refractivity contribution is -0.113. The molecule has 4 rings (SSSR count). The Bertz CT molecular complexity index is 1130. The Morgan fingerprint density at radius 2 is 1.94 bits per heavy atom. The molecule has 1 aromatic heterocycles. The molecule has 31 heavy (non-hydrogen) atoms. The molecular formula is C23H23FN4O2S. The average molecular weight is 439 g/mol. The zero-order chi connectivity index (χ0) is 21.8. The monoisotopic (exact) mass is 438 g/mol. The summed E-state index contributed by atoms with van der Waals surface area (Å²) in [5.41, 5.74) is 4.13. The van der Waals surface area contributed by atoms with Gasteiger partial charge in [-0.05, 0) is 36.8 Å². The number of benzene rings is 2. The molecule has 1 aliphatic rings. The van der Waals surface area contributed by atoms with Crippen LogP contribution in [0.2, 0.25) is 0 Å². The molecule has 0 radical (unpaired) electrons. The molecule has 0 unspecified atom stereocenters. The first-order valence-corrected chi connectivity index (χ1v) is 11.0. The second-order valence-electron chi connectivity index (χ2n) is 7.59. The maximum Gasteiger partial charge on any atom is 0.256 e. The number of amides is 1. The first-order valence-electron chi connectivity index (χ1n) is 10.0. The highest BCUT2D eigenvalue weighted by atomic mass is 32.2. The fourth-order valence-electron chi connectivity index (χ4n) is 3.48. The number of thioether (sulfide) groups is 1. The van der Waals surface area contributed by atoms with Crippen LogP contribution in [0, 0.1) is 12.7 Å². The Hall–Kier alpha value is -2.97. The zero-order valence-corrected chi connectivity index (χ0v) is 18.0. The van der Waals surface area contributed by atoms with Crippen molar-refractivity contribution < 1.29 is 9.18 Å². The molecular weight excluding hydrogens is 415 g/mol. The van der Waals surface area contributed by atoms with E-state index in [2.05, 4.69) is 20.2 Å². The van der Waals surface area contributed by atoms with Crippen molar-refractivity contribution in [1.29, 1.82) is 0 Å². The van der Waals surface area contributed by atoms with E-state index in [9.17, 15) is 14.0 Å². The molecule has 2 heterocycles. The number of H-pyrrole nitrogens is 1. The third kappa shape index (κ3) is 5.59. The molecule has 0 saturated heterocycles. The minimum absolute atomic E-state index is 0.153. The van der Waals surface area contributed by atoms with Crippen LogP contribution in [0.25, 0.3) is 0 Å². The van der Waals surface area contributed by atoms with E-state index < -0.39 is 0 Å². The number of nitrogens with one attached hydrogen (secondary N) is 2. The minimum atomic E-state index is -0.258. The quantitative estimate of drug-likeness (QED) is 0.455. The van der Waals surface area contributed by atoms with Crippen molar-refractivity contribution in [3.63, 3.8) is 0 Å². The van der Waals surface area contributed by atoms with E-state index in [0.29, 0.717) is 30.2 Å². The Balaban J connectivity index is 1.36. The largest absolute Gasteiger partial charge is 0.325 e. The van der Waals surface area contributed by atoms with E-state index in [1.807, 2.05) is 31.2 Å². The van der Waals surface area contributed by atoms with Crippen LogP contribution < -0.4 is 10.9 Å². The second-order valence-corrected chi connectivity index (χ2v) is 8.55. The highest BCUT2D eigenvalue weighted by molar-refractivity contribution is 7.99. The number of carbonyl (C=O) groups is 1. The summed E-state index contributed by atoms with van der Waals surface area (Å²) in [5, 5.41) is 3.29. The molecule has 2 aromatic carbocycles. The summed E-state index contributed by atoms with van der Waals surface area (Å²) in [5.74, 6) is -0.252. The Labute approximate surface area is 183 Å². The predicted octanol–water partition coefficient (Wildman–Crippen LogP) is 3.51. The maximum atomic E-state index is 13.1. The van der Waals surface area contributed by atoms with Gasteiger partial charge in [-0.3, -0.25) is 14.5 Å². The van der Waals surface area contributed by atoms with Gasteiger partial charge < -0.3 is 10.3 Å². The van der Waals surface area contributed by atoms with Crippen molar-refractivity contribution in [1.82, 2.24) is 14.9 Å². The third-order valence-corrected chi connectivity index (χ3v) is 5.99. The molecule has 0 aliphatic carbocycles. The van der Waals surface area contributed by atoms with Crippen molar-refractivity contribution in [2.24, 2.45) is 0 Å². The molecule has 3 aromatic rings. The molecule has 1 amide bonds. The Kier molecular flexibility index (Phi) is 6.48. The van der Waals surface area contributed by atoms with E-state index in [1.54, 1.807) is 12.1 Å². The Morgan fingerprint density at radius 1 is 1.19 bits per heavy atom. The number of aromatic nitrogens is 2. The van der Waals surface area contributed by atoms with E-state index in [1.165, 1.54) is 23.9 Å². The first kappa shape index (κ1) is 21.3. The van der Waals surface area contributed by atoms with Gasteiger partial charge in [0.05, 0.1) is 17.0 Å². The minimum Gasteiger partial charge on any atom is -0.325 e. The van der Waals surface area contributed by atoms with E-state index >= 15 is 0 Å². The molecule has 0 saturated carbocycles. The SMILES string of the molecule is Cc1ccc(NC(=O)CSc2nc3c(c(=O)[nH]2)CN(Cc2ccc(F)cc2)CC3)cc1. The van der Waals surface area contributed by atoms with Crippen molar-refractivity contribution >= 4 is 23.4 Å². The summed E-state index contributed by atoms with van der Waals surface area (Å²) in [6.07, 6.45) is 0.656. The van der Waals surface area contributed by atoms with Gasteiger partial charge >= 0.3 is 0 Å². The molecule has 2 N–H and O–H groups in total. The predicted molar refractivity (Wildman–Crippen MR) is 120 cm³/mol. The summed E-state index contributed by atoms with van der Waals surface area (Å²) in [7, 11) is 0. The lowest BCUT2D eigenvalue weighted by Crippen LogP contribution is -2.35. The number of fused-ring (bicyclic) bond motifs is 1. The molecule has 6 nitrogen and oxygen atoms in total. The average Bonchev–Trinajstić information content (AvgIpc) is 2.76. The van der Waals surface area contributed by atoms with Crippen LogP contribution in [0.4, 0.5) is 10.1 Å². The summed E-state index contributed by atoms with van der Waals surface area (Å²) < 4.78 is 13.1. The number of rotatable bonds is 6. The van der Waals surface area contributed by atoms with Gasteiger partial charge in [0.1, 0.15) is 5.82 Å². The molecule has 0 spiro atoms. The molecule has 160 valence electrons. The smallest absolute Gasteiger partial charge is 0.256 e. The van der Waals surface area contributed by atoms with E-state index in [0.717, 1.165) is 29.1 Å². The van der Waals surface area contributed by atoms with Crippen molar-refractivity contribution in [3.8, 4) is 0 Å². The van der Waals surface area contributed by atoms with Crippen molar-refractivity contribution in [2.45, 2.75) is 31.6 Å².